The molecular formula is C18H17N3O2. The number of aliphatic hydroxyl groups is 1. The molecule has 0 bridgehead atoms. The number of pyridine rings is 2. The number of aliphatic hydroxyl groups excluding tert-OH is 1. The van der Waals surface area contributed by atoms with Crippen molar-refractivity contribution in [1.29, 1.82) is 0 Å². The van der Waals surface area contributed by atoms with Crippen molar-refractivity contribution in [3.63, 3.8) is 0 Å². The van der Waals surface area contributed by atoms with Gasteiger partial charge in [-0.1, -0.05) is 0 Å². The van der Waals surface area contributed by atoms with Crippen LogP contribution in [-0.4, -0.2) is 25.8 Å². The molecule has 3 heterocycles. The van der Waals surface area contributed by atoms with Gasteiger partial charge >= 0.3 is 0 Å². The van der Waals surface area contributed by atoms with Crippen LogP contribution in [0.15, 0.2) is 43.0 Å². The third kappa shape index (κ3) is 3.19. The molecule has 3 aromatic heterocycles. The van der Waals surface area contributed by atoms with Gasteiger partial charge in [-0.05, 0) is 43.7 Å². The Hall–Kier alpha value is -2.79. The molecule has 23 heavy (non-hydrogen) atoms. The molecule has 5 heteroatoms. The Kier molecular flexibility index (Phi) is 4.04. The maximum absolute atomic E-state index is 11.1. The van der Waals surface area contributed by atoms with E-state index in [0.717, 1.165) is 33.3 Å². The summed E-state index contributed by atoms with van der Waals surface area (Å²) < 4.78 is 0. The lowest BCUT2D eigenvalue weighted by Crippen LogP contribution is -1.93. The van der Waals surface area contributed by atoms with Crippen LogP contribution in [0.4, 0.5) is 0 Å². The highest BCUT2D eigenvalue weighted by atomic mass is 16.3. The van der Waals surface area contributed by atoms with Crippen LogP contribution < -0.4 is 0 Å². The van der Waals surface area contributed by atoms with Gasteiger partial charge in [0, 0.05) is 46.9 Å². The fourth-order valence-electron chi connectivity index (χ4n) is 2.37. The van der Waals surface area contributed by atoms with E-state index in [1.807, 2.05) is 18.3 Å². The summed E-state index contributed by atoms with van der Waals surface area (Å²) in [5, 5.41) is 10.6. The summed E-state index contributed by atoms with van der Waals surface area (Å²) in [6, 6.07) is 3.90. The third-order valence-corrected chi connectivity index (χ3v) is 3.64. The van der Waals surface area contributed by atoms with Crippen molar-refractivity contribution in [2.24, 2.45) is 0 Å². The number of nitrogens with zero attached hydrogens (tertiary/aromatic N) is 2. The fourth-order valence-corrected chi connectivity index (χ4v) is 2.37. The topological polar surface area (TPSA) is 78.9 Å². The predicted molar refractivity (Wildman–Crippen MR) is 89.7 cm³/mol. The fraction of sp³-hybridized carbons (Fsp3) is 0.167. The van der Waals surface area contributed by atoms with Gasteiger partial charge in [-0.15, -0.1) is 0 Å². The van der Waals surface area contributed by atoms with E-state index in [4.69, 9.17) is 0 Å². The standard InChI is InChI=1S/C18H17N3O2/c1-11(22)3-4-13-9-20-18-17(13)6-16(10-21-18)15-5-14(12(2)23)7-19-8-15/h3-10,12,23H,1-2H3,(H,20,21)/b4-3+. The minimum Gasteiger partial charge on any atom is -0.389 e. The van der Waals surface area contributed by atoms with Crippen LogP contribution in [0.3, 0.4) is 0 Å². The number of aromatic nitrogens is 3. The van der Waals surface area contributed by atoms with E-state index < -0.39 is 6.10 Å². The Morgan fingerprint density at radius 2 is 2.04 bits per heavy atom. The van der Waals surface area contributed by atoms with E-state index in [1.165, 1.54) is 13.0 Å². The molecule has 0 aromatic carbocycles. The quantitative estimate of drug-likeness (QED) is 0.725. The van der Waals surface area contributed by atoms with E-state index in [9.17, 15) is 9.90 Å². The molecule has 0 fully saturated rings. The molecule has 0 aliphatic heterocycles. The first-order valence-electron chi connectivity index (χ1n) is 7.34. The van der Waals surface area contributed by atoms with Crippen molar-refractivity contribution in [2.75, 3.05) is 0 Å². The highest BCUT2D eigenvalue weighted by Gasteiger charge is 2.08. The number of carbonyl (C=O) groups excluding carboxylic acids is 1. The van der Waals surface area contributed by atoms with Gasteiger partial charge in [-0.3, -0.25) is 9.78 Å². The van der Waals surface area contributed by atoms with Gasteiger partial charge in [0.15, 0.2) is 5.78 Å². The average molecular weight is 307 g/mol. The third-order valence-electron chi connectivity index (χ3n) is 3.64. The second-order valence-corrected chi connectivity index (χ2v) is 5.49. The van der Waals surface area contributed by atoms with Crippen molar-refractivity contribution < 1.29 is 9.90 Å². The Balaban J connectivity index is 2.07. The predicted octanol–water partition coefficient (Wildman–Crippen LogP) is 3.28. The summed E-state index contributed by atoms with van der Waals surface area (Å²) in [4.78, 5) is 22.8. The zero-order chi connectivity index (χ0) is 16.4. The molecule has 2 N–H and O–H groups in total. The second-order valence-electron chi connectivity index (χ2n) is 5.49. The summed E-state index contributed by atoms with van der Waals surface area (Å²) >= 11 is 0. The van der Waals surface area contributed by atoms with Crippen LogP contribution in [0.2, 0.25) is 0 Å². The van der Waals surface area contributed by atoms with Crippen LogP contribution in [0, 0.1) is 0 Å². The Bertz CT molecular complexity index is 894. The van der Waals surface area contributed by atoms with Gasteiger partial charge < -0.3 is 10.1 Å². The highest BCUT2D eigenvalue weighted by molar-refractivity contribution is 5.96. The van der Waals surface area contributed by atoms with Crippen LogP contribution in [0.25, 0.3) is 28.2 Å². The van der Waals surface area contributed by atoms with E-state index in [2.05, 4.69) is 15.0 Å². The first kappa shape index (κ1) is 15.1. The largest absolute Gasteiger partial charge is 0.389 e. The van der Waals surface area contributed by atoms with Crippen LogP contribution in [-0.2, 0) is 4.79 Å². The summed E-state index contributed by atoms with van der Waals surface area (Å²) in [7, 11) is 0. The van der Waals surface area contributed by atoms with Crippen molar-refractivity contribution in [2.45, 2.75) is 20.0 Å². The average Bonchev–Trinajstić information content (AvgIpc) is 2.95. The van der Waals surface area contributed by atoms with Gasteiger partial charge in [0.05, 0.1) is 6.10 Å². The van der Waals surface area contributed by atoms with E-state index in [1.54, 1.807) is 31.6 Å². The van der Waals surface area contributed by atoms with Crippen molar-refractivity contribution >= 4 is 22.9 Å². The molecule has 0 radical (unpaired) electrons. The summed E-state index contributed by atoms with van der Waals surface area (Å²) in [5.74, 6) is -0.00250. The molecule has 5 nitrogen and oxygen atoms in total. The zero-order valence-corrected chi connectivity index (χ0v) is 12.9. The van der Waals surface area contributed by atoms with Crippen molar-refractivity contribution in [3.8, 4) is 11.1 Å². The maximum atomic E-state index is 11.1. The van der Waals surface area contributed by atoms with E-state index >= 15 is 0 Å². The monoisotopic (exact) mass is 307 g/mol. The van der Waals surface area contributed by atoms with Gasteiger partial charge in [-0.2, -0.15) is 0 Å². The number of nitrogens with one attached hydrogen (secondary N) is 1. The molecule has 0 spiro atoms. The summed E-state index contributed by atoms with van der Waals surface area (Å²) in [6.07, 6.45) is 9.72. The van der Waals surface area contributed by atoms with E-state index in [0.29, 0.717) is 0 Å². The number of rotatable bonds is 4. The number of allylic oxidation sites excluding steroid dienone is 1. The second kappa shape index (κ2) is 6.14. The Morgan fingerprint density at radius 3 is 2.78 bits per heavy atom. The van der Waals surface area contributed by atoms with Gasteiger partial charge in [-0.25, -0.2) is 4.98 Å². The minimum atomic E-state index is -0.569. The van der Waals surface area contributed by atoms with Gasteiger partial charge in [0.1, 0.15) is 5.65 Å². The molecule has 0 saturated heterocycles. The first-order valence-corrected chi connectivity index (χ1v) is 7.34. The lowest BCUT2D eigenvalue weighted by Gasteiger charge is -2.07. The maximum Gasteiger partial charge on any atom is 0.152 e. The normalized spacial score (nSPS) is 12.8. The number of ketones is 1. The number of fused-ring (bicyclic) bond motifs is 1. The molecule has 3 rings (SSSR count). The van der Waals surface area contributed by atoms with Crippen LogP contribution in [0.1, 0.15) is 31.1 Å². The van der Waals surface area contributed by atoms with Crippen LogP contribution >= 0.6 is 0 Å². The molecular weight excluding hydrogens is 290 g/mol. The lowest BCUT2D eigenvalue weighted by atomic mass is 10.0. The lowest BCUT2D eigenvalue weighted by molar-refractivity contribution is -0.112. The summed E-state index contributed by atoms with van der Waals surface area (Å²) in [5.41, 5.74) is 4.22. The van der Waals surface area contributed by atoms with Gasteiger partial charge in [0.2, 0.25) is 0 Å². The first-order chi connectivity index (χ1) is 11.0. The summed E-state index contributed by atoms with van der Waals surface area (Å²) in [6.45, 7) is 3.22. The molecule has 0 amide bonds. The van der Waals surface area contributed by atoms with Crippen molar-refractivity contribution in [1.82, 2.24) is 15.0 Å². The number of H-pyrrole nitrogens is 1. The van der Waals surface area contributed by atoms with Crippen molar-refractivity contribution in [3.05, 3.63) is 54.1 Å². The molecule has 116 valence electrons. The number of hydrogen-bond donors (Lipinski definition) is 2. The Morgan fingerprint density at radius 1 is 1.26 bits per heavy atom. The molecule has 1 atom stereocenters. The number of hydrogen-bond acceptors (Lipinski definition) is 4. The van der Waals surface area contributed by atoms with Gasteiger partial charge in [0.25, 0.3) is 0 Å². The van der Waals surface area contributed by atoms with Crippen LogP contribution in [0.5, 0.6) is 0 Å². The molecule has 0 aliphatic rings. The zero-order valence-electron chi connectivity index (χ0n) is 12.9. The SMILES string of the molecule is CC(=O)/C=C/c1c[nH]c2ncc(-c3cncc(C(C)O)c3)cc12. The molecule has 3 aromatic rings. The molecule has 0 aliphatic carbocycles. The smallest absolute Gasteiger partial charge is 0.152 e. The molecule has 0 saturated carbocycles. The van der Waals surface area contributed by atoms with E-state index in [-0.39, 0.29) is 5.78 Å². The number of carbonyl (C=O) groups is 1. The Labute approximate surface area is 133 Å². The highest BCUT2D eigenvalue weighted by Crippen LogP contribution is 2.26. The molecule has 1 unspecified atom stereocenters. The minimum absolute atomic E-state index is 0.00250. The number of aromatic amines is 1.